The number of sulfonamides is 1. The third kappa shape index (κ3) is 5.39. The zero-order valence-electron chi connectivity index (χ0n) is 16.1. The number of hydrogen-bond donors (Lipinski definition) is 1. The van der Waals surface area contributed by atoms with E-state index in [0.29, 0.717) is 11.7 Å². The molecule has 1 aromatic heterocycles. The third-order valence-electron chi connectivity index (χ3n) is 4.48. The number of rotatable bonds is 8. The van der Waals surface area contributed by atoms with Crippen LogP contribution in [0, 0.1) is 17.0 Å². The molecule has 2 aromatic rings. The molecule has 1 aliphatic rings. The fraction of sp³-hybridized carbons (Fsp3) is 0.444. The van der Waals surface area contributed by atoms with Crippen LogP contribution in [0.5, 0.6) is 5.88 Å². The Morgan fingerprint density at radius 1 is 1.21 bits per heavy atom. The van der Waals surface area contributed by atoms with Crippen molar-refractivity contribution in [3.05, 3.63) is 46.3 Å². The summed E-state index contributed by atoms with van der Waals surface area (Å²) < 4.78 is 32.7. The number of nitro groups is 1. The van der Waals surface area contributed by atoms with Crippen LogP contribution in [0.2, 0.25) is 0 Å². The molecule has 0 unspecified atom stereocenters. The Kier molecular flexibility index (Phi) is 6.60. The minimum atomic E-state index is -4.04. The average Bonchev–Trinajstić information content (AvgIpc) is 2.71. The van der Waals surface area contributed by atoms with Gasteiger partial charge in [-0.05, 0) is 32.3 Å². The van der Waals surface area contributed by atoms with E-state index in [1.54, 1.807) is 13.0 Å². The molecular weight excluding hydrogens is 398 g/mol. The Bertz CT molecular complexity index is 976. The number of aryl methyl sites for hydroxylation is 1. The lowest BCUT2D eigenvalue weighted by atomic mass is 10.1. The Hall–Kier alpha value is -2.79. The van der Waals surface area contributed by atoms with Crippen molar-refractivity contribution < 1.29 is 18.1 Å². The molecule has 1 N–H and O–H groups in total. The molecule has 0 saturated carbocycles. The van der Waals surface area contributed by atoms with Gasteiger partial charge in [-0.2, -0.15) is 4.98 Å². The van der Waals surface area contributed by atoms with Crippen molar-refractivity contribution in [1.82, 2.24) is 14.7 Å². The van der Waals surface area contributed by atoms with Crippen molar-refractivity contribution in [1.29, 1.82) is 0 Å². The summed E-state index contributed by atoms with van der Waals surface area (Å²) in [5.41, 5.74) is -0.474. The molecule has 2 heterocycles. The van der Waals surface area contributed by atoms with Gasteiger partial charge in [-0.3, -0.25) is 10.1 Å². The summed E-state index contributed by atoms with van der Waals surface area (Å²) in [5.74, 6) is 1.74. The summed E-state index contributed by atoms with van der Waals surface area (Å²) >= 11 is 0. The van der Waals surface area contributed by atoms with Crippen molar-refractivity contribution >= 4 is 21.5 Å². The molecule has 10 nitrogen and oxygen atoms in total. The van der Waals surface area contributed by atoms with E-state index < -0.39 is 20.6 Å². The topological polar surface area (TPSA) is 128 Å². The van der Waals surface area contributed by atoms with E-state index in [0.717, 1.165) is 37.8 Å². The van der Waals surface area contributed by atoms with Crippen molar-refractivity contribution in [3.8, 4) is 5.88 Å². The quantitative estimate of drug-likeness (QED) is 0.390. The van der Waals surface area contributed by atoms with Crippen molar-refractivity contribution in [2.24, 2.45) is 0 Å². The van der Waals surface area contributed by atoms with Gasteiger partial charge in [-0.15, -0.1) is 0 Å². The highest BCUT2D eigenvalue weighted by molar-refractivity contribution is 7.89. The van der Waals surface area contributed by atoms with E-state index >= 15 is 0 Å². The molecule has 1 aromatic carbocycles. The predicted molar refractivity (Wildman–Crippen MR) is 107 cm³/mol. The second kappa shape index (κ2) is 9.14. The van der Waals surface area contributed by atoms with Gasteiger partial charge in [0.2, 0.25) is 15.9 Å². The van der Waals surface area contributed by atoms with Crippen molar-refractivity contribution in [2.75, 3.05) is 31.1 Å². The van der Waals surface area contributed by atoms with E-state index in [1.165, 1.54) is 24.6 Å². The summed E-state index contributed by atoms with van der Waals surface area (Å²) in [6.07, 6.45) is 3.45. The fourth-order valence-corrected chi connectivity index (χ4v) is 4.31. The molecule has 1 aliphatic heterocycles. The van der Waals surface area contributed by atoms with Gasteiger partial charge in [-0.1, -0.05) is 12.1 Å². The molecular formula is C18H23N5O5S. The second-order valence-corrected chi connectivity index (χ2v) is 8.37. The fourth-order valence-electron chi connectivity index (χ4n) is 3.13. The zero-order valence-corrected chi connectivity index (χ0v) is 16.9. The maximum Gasteiger partial charge on any atom is 0.289 e. The molecule has 156 valence electrons. The first-order chi connectivity index (χ1) is 13.9. The molecule has 0 bridgehead atoms. The molecule has 0 radical (unpaired) electrons. The summed E-state index contributed by atoms with van der Waals surface area (Å²) in [6.45, 7) is 3.61. The molecule has 3 rings (SSSR count). The molecule has 1 fully saturated rings. The minimum Gasteiger partial charge on any atom is -0.476 e. The van der Waals surface area contributed by atoms with Crippen LogP contribution in [-0.4, -0.2) is 49.6 Å². The standard InChI is InChI=1S/C18H23N5O5S/c1-14-20-17(22-10-5-2-6-11-22)13-18(21-14)28-12-9-19-29(26,27)16-8-4-3-7-15(16)23(24)25/h3-4,7-8,13,19H,2,5-6,9-12H2,1H3. The van der Waals surface area contributed by atoms with Gasteiger partial charge in [0.1, 0.15) is 18.2 Å². The number of benzene rings is 1. The van der Waals surface area contributed by atoms with Gasteiger partial charge in [0, 0.05) is 31.8 Å². The van der Waals surface area contributed by atoms with Crippen molar-refractivity contribution in [3.63, 3.8) is 0 Å². The van der Waals surface area contributed by atoms with E-state index in [1.807, 2.05) is 0 Å². The lowest BCUT2D eigenvalue weighted by Crippen LogP contribution is -2.30. The molecule has 0 aliphatic carbocycles. The molecule has 0 amide bonds. The number of piperidine rings is 1. The maximum absolute atomic E-state index is 12.4. The largest absolute Gasteiger partial charge is 0.476 e. The highest BCUT2D eigenvalue weighted by Crippen LogP contribution is 2.23. The van der Waals surface area contributed by atoms with Crippen LogP contribution in [0.3, 0.4) is 0 Å². The zero-order chi connectivity index (χ0) is 20.9. The maximum atomic E-state index is 12.4. The lowest BCUT2D eigenvalue weighted by Gasteiger charge is -2.28. The van der Waals surface area contributed by atoms with Crippen LogP contribution in [-0.2, 0) is 10.0 Å². The smallest absolute Gasteiger partial charge is 0.289 e. The summed E-state index contributed by atoms with van der Waals surface area (Å²) in [4.78, 5) is 20.8. The van der Waals surface area contributed by atoms with Crippen molar-refractivity contribution in [2.45, 2.75) is 31.1 Å². The summed E-state index contributed by atoms with van der Waals surface area (Å²) in [7, 11) is -4.04. The van der Waals surface area contributed by atoms with Crippen LogP contribution in [0.4, 0.5) is 11.5 Å². The van der Waals surface area contributed by atoms with E-state index in [-0.39, 0.29) is 18.0 Å². The van der Waals surface area contributed by atoms with Crippen LogP contribution in [0.15, 0.2) is 35.2 Å². The lowest BCUT2D eigenvalue weighted by molar-refractivity contribution is -0.387. The first-order valence-corrected chi connectivity index (χ1v) is 10.8. The minimum absolute atomic E-state index is 0.0236. The average molecular weight is 421 g/mol. The van der Waals surface area contributed by atoms with E-state index in [4.69, 9.17) is 4.74 Å². The van der Waals surface area contributed by atoms with Gasteiger partial charge in [-0.25, -0.2) is 18.1 Å². The van der Waals surface area contributed by atoms with Crippen LogP contribution < -0.4 is 14.4 Å². The molecule has 11 heteroatoms. The number of nitro benzene ring substituents is 1. The summed E-state index contributed by atoms with van der Waals surface area (Å²) in [6, 6.07) is 6.94. The van der Waals surface area contributed by atoms with Gasteiger partial charge in [0.25, 0.3) is 5.69 Å². The van der Waals surface area contributed by atoms with E-state index in [2.05, 4.69) is 19.6 Å². The second-order valence-electron chi connectivity index (χ2n) is 6.63. The van der Waals surface area contributed by atoms with Gasteiger partial charge in [0.15, 0.2) is 4.90 Å². The number of hydrogen-bond acceptors (Lipinski definition) is 8. The summed E-state index contributed by atoms with van der Waals surface area (Å²) in [5, 5.41) is 11.0. The van der Waals surface area contributed by atoms with Gasteiger partial charge in [0.05, 0.1) is 4.92 Å². The number of para-hydroxylation sites is 1. The Morgan fingerprint density at radius 2 is 1.93 bits per heavy atom. The number of aromatic nitrogens is 2. The number of ether oxygens (including phenoxy) is 1. The predicted octanol–water partition coefficient (Wildman–Crippen LogP) is 2.04. The molecule has 1 saturated heterocycles. The first-order valence-electron chi connectivity index (χ1n) is 9.33. The Labute approximate surface area is 169 Å². The highest BCUT2D eigenvalue weighted by atomic mass is 32.2. The van der Waals surface area contributed by atoms with Crippen LogP contribution in [0.1, 0.15) is 25.1 Å². The normalized spacial score (nSPS) is 14.6. The van der Waals surface area contributed by atoms with Gasteiger partial charge >= 0.3 is 0 Å². The molecule has 0 atom stereocenters. The number of nitrogens with one attached hydrogen (secondary N) is 1. The Balaban J connectivity index is 1.60. The third-order valence-corrected chi connectivity index (χ3v) is 5.98. The van der Waals surface area contributed by atoms with Crippen LogP contribution >= 0.6 is 0 Å². The van der Waals surface area contributed by atoms with Gasteiger partial charge < -0.3 is 9.64 Å². The number of nitrogens with zero attached hydrogens (tertiary/aromatic N) is 4. The highest BCUT2D eigenvalue weighted by Gasteiger charge is 2.24. The van der Waals surface area contributed by atoms with E-state index in [9.17, 15) is 18.5 Å². The Morgan fingerprint density at radius 3 is 2.66 bits per heavy atom. The number of anilines is 1. The van der Waals surface area contributed by atoms with Crippen LogP contribution in [0.25, 0.3) is 0 Å². The first kappa shape index (κ1) is 20.9. The monoisotopic (exact) mass is 421 g/mol. The molecule has 29 heavy (non-hydrogen) atoms. The SMILES string of the molecule is Cc1nc(OCCNS(=O)(=O)c2ccccc2[N+](=O)[O-])cc(N2CCCCC2)n1. The molecule has 0 spiro atoms.